The summed E-state index contributed by atoms with van der Waals surface area (Å²) in [7, 11) is 1.94. The predicted octanol–water partition coefficient (Wildman–Crippen LogP) is 1.40. The number of likely N-dealkylation sites (N-methyl/N-ethyl adjacent to an activating group) is 1. The maximum atomic E-state index is 11.6. The molecule has 1 fully saturated rings. The molecule has 0 aliphatic heterocycles. The number of carbonyl (C=O) groups is 1. The second-order valence-corrected chi connectivity index (χ2v) is 4.76. The van der Waals surface area contributed by atoms with Gasteiger partial charge in [0.15, 0.2) is 0 Å². The van der Waals surface area contributed by atoms with Gasteiger partial charge in [-0.2, -0.15) is 0 Å². The monoisotopic (exact) mass is 269 g/mol. The number of nitrogen functional groups attached to an aromatic ring is 1. The Kier molecular flexibility index (Phi) is 5.44. The fourth-order valence-electron chi connectivity index (χ4n) is 1.81. The molecule has 0 radical (unpaired) electrons. The van der Waals surface area contributed by atoms with Crippen LogP contribution >= 0.6 is 12.4 Å². The highest BCUT2D eigenvalue weighted by Crippen LogP contribution is 2.18. The van der Waals surface area contributed by atoms with Crippen molar-refractivity contribution in [3.63, 3.8) is 0 Å². The maximum Gasteiger partial charge on any atom is 0.234 e. The summed E-state index contributed by atoms with van der Waals surface area (Å²) in [5, 5.41) is 2.98. The van der Waals surface area contributed by atoms with Crippen LogP contribution in [0.1, 0.15) is 18.4 Å². The number of carbonyl (C=O) groups excluding carboxylic acids is 1. The Hall–Kier alpha value is -1.26. The molecule has 0 bridgehead atoms. The Labute approximate surface area is 114 Å². The minimum absolute atomic E-state index is 0. The van der Waals surface area contributed by atoms with Crippen molar-refractivity contribution < 1.29 is 4.79 Å². The number of nitrogens with two attached hydrogens (primary N) is 1. The Balaban J connectivity index is 0.00000162. The fraction of sp³-hybridized carbons (Fsp3) is 0.462. The summed E-state index contributed by atoms with van der Waals surface area (Å²) in [6.07, 6.45) is 2.26. The van der Waals surface area contributed by atoms with Crippen molar-refractivity contribution in [1.29, 1.82) is 0 Å². The SMILES string of the molecule is CN(CC(=O)NC1CC1)Cc1cccc(N)c1.Cl. The Bertz CT molecular complexity index is 407. The zero-order valence-electron chi connectivity index (χ0n) is 10.6. The number of rotatable bonds is 5. The van der Waals surface area contributed by atoms with E-state index in [1.54, 1.807) is 0 Å². The van der Waals surface area contributed by atoms with E-state index >= 15 is 0 Å². The average molecular weight is 270 g/mol. The van der Waals surface area contributed by atoms with Gasteiger partial charge in [-0.3, -0.25) is 9.69 Å². The first-order chi connectivity index (χ1) is 8.13. The summed E-state index contributed by atoms with van der Waals surface area (Å²) in [5.41, 5.74) is 7.61. The standard InChI is InChI=1S/C13H19N3O.ClH/c1-16(9-13(17)15-12-5-6-12)8-10-3-2-4-11(14)7-10;/h2-4,7,12H,5-6,8-9,14H2,1H3,(H,15,17);1H. The number of anilines is 1. The first kappa shape index (κ1) is 14.8. The van der Waals surface area contributed by atoms with E-state index in [-0.39, 0.29) is 18.3 Å². The number of amides is 1. The molecule has 0 aromatic heterocycles. The van der Waals surface area contributed by atoms with E-state index in [0.29, 0.717) is 12.6 Å². The molecule has 3 N–H and O–H groups in total. The molecular weight excluding hydrogens is 250 g/mol. The molecule has 1 saturated carbocycles. The van der Waals surface area contributed by atoms with Gasteiger partial charge >= 0.3 is 0 Å². The van der Waals surface area contributed by atoms with Crippen LogP contribution in [-0.2, 0) is 11.3 Å². The molecule has 0 unspecified atom stereocenters. The Morgan fingerprint density at radius 1 is 1.50 bits per heavy atom. The molecule has 0 spiro atoms. The number of hydrogen-bond acceptors (Lipinski definition) is 3. The van der Waals surface area contributed by atoms with Gasteiger partial charge in [0.2, 0.25) is 5.91 Å². The lowest BCUT2D eigenvalue weighted by Gasteiger charge is -2.16. The lowest BCUT2D eigenvalue weighted by atomic mass is 10.2. The maximum absolute atomic E-state index is 11.6. The molecule has 1 aromatic carbocycles. The smallest absolute Gasteiger partial charge is 0.234 e. The van der Waals surface area contributed by atoms with Gasteiger partial charge in [0, 0.05) is 18.3 Å². The summed E-state index contributed by atoms with van der Waals surface area (Å²) < 4.78 is 0. The van der Waals surface area contributed by atoms with E-state index in [1.807, 2.05) is 36.2 Å². The van der Waals surface area contributed by atoms with Crippen LogP contribution in [0.3, 0.4) is 0 Å². The quantitative estimate of drug-likeness (QED) is 0.795. The van der Waals surface area contributed by atoms with Crippen molar-refractivity contribution in [2.75, 3.05) is 19.3 Å². The van der Waals surface area contributed by atoms with Crippen molar-refractivity contribution in [3.05, 3.63) is 29.8 Å². The second kappa shape index (κ2) is 6.61. The molecule has 1 amide bonds. The topological polar surface area (TPSA) is 58.4 Å². The summed E-state index contributed by atoms with van der Waals surface area (Å²) in [5.74, 6) is 0.110. The molecule has 0 heterocycles. The minimum Gasteiger partial charge on any atom is -0.399 e. The lowest BCUT2D eigenvalue weighted by Crippen LogP contribution is -2.35. The lowest BCUT2D eigenvalue weighted by molar-refractivity contribution is -0.122. The predicted molar refractivity (Wildman–Crippen MR) is 75.6 cm³/mol. The second-order valence-electron chi connectivity index (χ2n) is 4.76. The van der Waals surface area contributed by atoms with Crippen molar-refractivity contribution in [2.24, 2.45) is 0 Å². The van der Waals surface area contributed by atoms with Crippen LogP contribution in [0.25, 0.3) is 0 Å². The number of halogens is 1. The number of benzene rings is 1. The highest BCUT2D eigenvalue weighted by atomic mass is 35.5. The number of nitrogens with one attached hydrogen (secondary N) is 1. The molecule has 5 heteroatoms. The molecule has 18 heavy (non-hydrogen) atoms. The zero-order chi connectivity index (χ0) is 12.3. The molecule has 4 nitrogen and oxygen atoms in total. The first-order valence-corrected chi connectivity index (χ1v) is 5.96. The molecule has 0 saturated heterocycles. The molecule has 1 aliphatic rings. The highest BCUT2D eigenvalue weighted by molar-refractivity contribution is 5.85. The van der Waals surface area contributed by atoms with Gasteiger partial charge in [-0.25, -0.2) is 0 Å². The van der Waals surface area contributed by atoms with Crippen molar-refractivity contribution in [1.82, 2.24) is 10.2 Å². The number of hydrogen-bond donors (Lipinski definition) is 2. The van der Waals surface area contributed by atoms with Crippen molar-refractivity contribution in [3.8, 4) is 0 Å². The van der Waals surface area contributed by atoms with Crippen molar-refractivity contribution in [2.45, 2.75) is 25.4 Å². The summed E-state index contributed by atoms with van der Waals surface area (Å²) in [6.45, 7) is 1.18. The molecule has 0 atom stereocenters. The fourth-order valence-corrected chi connectivity index (χ4v) is 1.81. The van der Waals surface area contributed by atoms with Crippen LogP contribution in [0.5, 0.6) is 0 Å². The summed E-state index contributed by atoms with van der Waals surface area (Å²) in [6, 6.07) is 8.19. The summed E-state index contributed by atoms with van der Waals surface area (Å²) in [4.78, 5) is 13.6. The number of nitrogens with zero attached hydrogens (tertiary/aromatic N) is 1. The van der Waals surface area contributed by atoms with Crippen LogP contribution in [0.4, 0.5) is 5.69 Å². The van der Waals surface area contributed by atoms with E-state index in [4.69, 9.17) is 5.73 Å². The molecule has 1 aromatic rings. The molecule has 1 aliphatic carbocycles. The Morgan fingerprint density at radius 3 is 2.83 bits per heavy atom. The van der Waals surface area contributed by atoms with E-state index in [1.165, 1.54) is 0 Å². The van der Waals surface area contributed by atoms with Crippen LogP contribution in [0, 0.1) is 0 Å². The van der Waals surface area contributed by atoms with Gasteiger partial charge in [-0.05, 0) is 37.6 Å². The third kappa shape index (κ3) is 4.94. The summed E-state index contributed by atoms with van der Waals surface area (Å²) >= 11 is 0. The van der Waals surface area contributed by atoms with Crippen LogP contribution in [-0.4, -0.2) is 30.4 Å². The van der Waals surface area contributed by atoms with Gasteiger partial charge in [-0.1, -0.05) is 12.1 Å². The third-order valence-electron chi connectivity index (χ3n) is 2.76. The third-order valence-corrected chi connectivity index (χ3v) is 2.76. The largest absolute Gasteiger partial charge is 0.399 e. The molecular formula is C13H20ClN3O. The van der Waals surface area contributed by atoms with E-state index in [0.717, 1.165) is 30.6 Å². The van der Waals surface area contributed by atoms with Gasteiger partial charge in [-0.15, -0.1) is 12.4 Å². The van der Waals surface area contributed by atoms with E-state index in [2.05, 4.69) is 5.32 Å². The van der Waals surface area contributed by atoms with Crippen molar-refractivity contribution >= 4 is 24.0 Å². The Morgan fingerprint density at radius 2 is 2.22 bits per heavy atom. The van der Waals surface area contributed by atoms with E-state index < -0.39 is 0 Å². The average Bonchev–Trinajstić information content (AvgIpc) is 3.00. The first-order valence-electron chi connectivity index (χ1n) is 5.96. The van der Waals surface area contributed by atoms with Crippen LogP contribution in [0.2, 0.25) is 0 Å². The van der Waals surface area contributed by atoms with Gasteiger partial charge in [0.25, 0.3) is 0 Å². The zero-order valence-corrected chi connectivity index (χ0v) is 11.4. The normalized spacial score (nSPS) is 14.1. The van der Waals surface area contributed by atoms with Gasteiger partial charge < -0.3 is 11.1 Å². The molecule has 2 rings (SSSR count). The van der Waals surface area contributed by atoms with Crippen LogP contribution < -0.4 is 11.1 Å². The van der Waals surface area contributed by atoms with Crippen LogP contribution in [0.15, 0.2) is 24.3 Å². The van der Waals surface area contributed by atoms with Gasteiger partial charge in [0.05, 0.1) is 6.54 Å². The highest BCUT2D eigenvalue weighted by Gasteiger charge is 2.23. The van der Waals surface area contributed by atoms with E-state index in [9.17, 15) is 4.79 Å². The van der Waals surface area contributed by atoms with Gasteiger partial charge in [0.1, 0.15) is 0 Å². The minimum atomic E-state index is 0. The molecule has 100 valence electrons.